The monoisotopic (exact) mass is 184 g/mol. The Morgan fingerprint density at radius 1 is 1.38 bits per heavy atom. The van der Waals surface area contributed by atoms with Gasteiger partial charge in [0.25, 0.3) is 0 Å². The highest BCUT2D eigenvalue weighted by Crippen LogP contribution is 2.14. The van der Waals surface area contributed by atoms with E-state index >= 15 is 0 Å². The highest BCUT2D eigenvalue weighted by molar-refractivity contribution is 4.77. The van der Waals surface area contributed by atoms with E-state index in [1.54, 1.807) is 0 Å². The Balaban J connectivity index is 2.14. The molecule has 0 spiro atoms. The van der Waals surface area contributed by atoms with Gasteiger partial charge in [0.1, 0.15) is 0 Å². The van der Waals surface area contributed by atoms with Crippen LogP contribution in [0, 0.1) is 5.92 Å². The number of nitrogens with two attached hydrogens (primary N) is 1. The number of rotatable bonds is 4. The van der Waals surface area contributed by atoms with Crippen LogP contribution in [-0.4, -0.2) is 18.6 Å². The fraction of sp³-hybridized carbons (Fsp3) is 1.00. The van der Waals surface area contributed by atoms with Crippen molar-refractivity contribution in [1.29, 1.82) is 0 Å². The molecule has 1 fully saturated rings. The molecule has 1 aliphatic heterocycles. The van der Waals surface area contributed by atoms with Crippen molar-refractivity contribution in [2.24, 2.45) is 11.7 Å². The predicted octanol–water partition coefficient (Wildman–Crippen LogP) is 1.89. The Hall–Kier alpha value is -0.0800. The maximum absolute atomic E-state index is 6.07. The number of hydrogen-bond donors (Lipinski definition) is 2. The highest BCUT2D eigenvalue weighted by Gasteiger charge is 2.16. The van der Waals surface area contributed by atoms with Crippen molar-refractivity contribution in [1.82, 2.24) is 5.32 Å². The molecule has 78 valence electrons. The average Bonchev–Trinajstić information content (AvgIpc) is 2.04. The van der Waals surface area contributed by atoms with Crippen LogP contribution in [0.25, 0.3) is 0 Å². The second-order valence-electron chi connectivity index (χ2n) is 4.77. The van der Waals surface area contributed by atoms with Crippen molar-refractivity contribution < 1.29 is 0 Å². The van der Waals surface area contributed by atoms with Crippen molar-refractivity contribution >= 4 is 0 Å². The minimum atomic E-state index is 0.399. The van der Waals surface area contributed by atoms with Crippen molar-refractivity contribution in [3.63, 3.8) is 0 Å². The van der Waals surface area contributed by atoms with E-state index in [9.17, 15) is 0 Å². The standard InChI is InChI=1S/C11H24N2/c1-9(2)7-10(12)8-11-5-3-4-6-13-11/h9-11,13H,3-8,12H2,1-2H3. The molecule has 3 N–H and O–H groups in total. The van der Waals surface area contributed by atoms with Gasteiger partial charge in [-0.2, -0.15) is 0 Å². The lowest BCUT2D eigenvalue weighted by Crippen LogP contribution is -2.39. The zero-order chi connectivity index (χ0) is 9.68. The molecule has 2 nitrogen and oxygen atoms in total. The number of hydrogen-bond acceptors (Lipinski definition) is 2. The van der Waals surface area contributed by atoms with Crippen LogP contribution in [0.4, 0.5) is 0 Å². The van der Waals surface area contributed by atoms with Crippen molar-refractivity contribution in [2.75, 3.05) is 6.54 Å². The number of nitrogens with one attached hydrogen (secondary N) is 1. The summed E-state index contributed by atoms with van der Waals surface area (Å²) in [5.74, 6) is 0.735. The highest BCUT2D eigenvalue weighted by atomic mass is 14.9. The summed E-state index contributed by atoms with van der Waals surface area (Å²) in [6.07, 6.45) is 6.38. The third-order valence-electron chi connectivity index (χ3n) is 2.77. The topological polar surface area (TPSA) is 38.0 Å². The largest absolute Gasteiger partial charge is 0.328 e. The van der Waals surface area contributed by atoms with E-state index in [2.05, 4.69) is 19.2 Å². The zero-order valence-corrected chi connectivity index (χ0v) is 9.05. The third kappa shape index (κ3) is 4.63. The van der Waals surface area contributed by atoms with Crippen LogP contribution in [0.15, 0.2) is 0 Å². The molecule has 0 bridgehead atoms. The molecule has 0 aromatic rings. The minimum absolute atomic E-state index is 0.399. The fourth-order valence-electron chi connectivity index (χ4n) is 2.19. The second-order valence-corrected chi connectivity index (χ2v) is 4.77. The summed E-state index contributed by atoms with van der Waals surface area (Å²) in [7, 11) is 0. The molecule has 2 heteroatoms. The molecule has 13 heavy (non-hydrogen) atoms. The van der Waals surface area contributed by atoms with Crippen molar-refractivity contribution in [2.45, 2.75) is 58.0 Å². The van der Waals surface area contributed by atoms with Crippen LogP contribution in [0.2, 0.25) is 0 Å². The molecule has 0 saturated carbocycles. The maximum atomic E-state index is 6.07. The van der Waals surface area contributed by atoms with Crippen LogP contribution in [0.1, 0.15) is 46.0 Å². The van der Waals surface area contributed by atoms with Crippen LogP contribution in [0.3, 0.4) is 0 Å². The molecule has 0 aromatic carbocycles. The van der Waals surface area contributed by atoms with E-state index in [1.165, 1.54) is 25.8 Å². The molecule has 0 aromatic heterocycles. The Labute approximate surface area is 82.3 Å². The van der Waals surface area contributed by atoms with E-state index in [1.807, 2.05) is 0 Å². The first-order chi connectivity index (χ1) is 6.18. The molecule has 1 aliphatic rings. The van der Waals surface area contributed by atoms with Gasteiger partial charge in [0.2, 0.25) is 0 Å². The molecule has 2 unspecified atom stereocenters. The second kappa shape index (κ2) is 5.61. The maximum Gasteiger partial charge on any atom is 0.00818 e. The zero-order valence-electron chi connectivity index (χ0n) is 9.05. The molecule has 0 radical (unpaired) electrons. The van der Waals surface area contributed by atoms with Crippen LogP contribution >= 0.6 is 0 Å². The third-order valence-corrected chi connectivity index (χ3v) is 2.77. The lowest BCUT2D eigenvalue weighted by molar-refractivity contribution is 0.341. The first-order valence-electron chi connectivity index (χ1n) is 5.67. The van der Waals surface area contributed by atoms with Gasteiger partial charge in [0.15, 0.2) is 0 Å². The van der Waals surface area contributed by atoms with Crippen LogP contribution < -0.4 is 11.1 Å². The van der Waals surface area contributed by atoms with Crippen LogP contribution in [0.5, 0.6) is 0 Å². The van der Waals surface area contributed by atoms with E-state index in [-0.39, 0.29) is 0 Å². The first-order valence-corrected chi connectivity index (χ1v) is 5.67. The van der Waals surface area contributed by atoms with Crippen molar-refractivity contribution in [3.8, 4) is 0 Å². The molecule has 0 amide bonds. The SMILES string of the molecule is CC(C)CC(N)CC1CCCCN1. The van der Waals surface area contributed by atoms with Gasteiger partial charge < -0.3 is 11.1 Å². The summed E-state index contributed by atoms with van der Waals surface area (Å²) in [6, 6.07) is 1.10. The lowest BCUT2D eigenvalue weighted by atomic mass is 9.94. The summed E-state index contributed by atoms with van der Waals surface area (Å²) < 4.78 is 0. The van der Waals surface area contributed by atoms with Gasteiger partial charge >= 0.3 is 0 Å². The summed E-state index contributed by atoms with van der Waals surface area (Å²) in [5.41, 5.74) is 6.07. The molecular weight excluding hydrogens is 160 g/mol. The Morgan fingerprint density at radius 3 is 2.69 bits per heavy atom. The Morgan fingerprint density at radius 2 is 2.15 bits per heavy atom. The molecule has 1 saturated heterocycles. The smallest absolute Gasteiger partial charge is 0.00818 e. The van der Waals surface area contributed by atoms with E-state index < -0.39 is 0 Å². The summed E-state index contributed by atoms with van der Waals surface area (Å²) in [6.45, 7) is 5.68. The molecule has 2 atom stereocenters. The summed E-state index contributed by atoms with van der Waals surface area (Å²) >= 11 is 0. The van der Waals surface area contributed by atoms with E-state index in [0.29, 0.717) is 12.1 Å². The van der Waals surface area contributed by atoms with Crippen molar-refractivity contribution in [3.05, 3.63) is 0 Å². The first kappa shape index (κ1) is 11.0. The number of piperidine rings is 1. The Bertz CT molecular complexity index is 128. The van der Waals surface area contributed by atoms with E-state index in [0.717, 1.165) is 18.8 Å². The summed E-state index contributed by atoms with van der Waals surface area (Å²) in [5, 5.41) is 3.54. The van der Waals surface area contributed by atoms with Gasteiger partial charge in [-0.05, 0) is 38.1 Å². The normalized spacial score (nSPS) is 26.3. The van der Waals surface area contributed by atoms with Gasteiger partial charge in [-0.25, -0.2) is 0 Å². The average molecular weight is 184 g/mol. The summed E-state index contributed by atoms with van der Waals surface area (Å²) in [4.78, 5) is 0. The Kier molecular flexibility index (Phi) is 4.74. The van der Waals surface area contributed by atoms with Crippen LogP contribution in [-0.2, 0) is 0 Å². The predicted molar refractivity (Wildman–Crippen MR) is 57.7 cm³/mol. The minimum Gasteiger partial charge on any atom is -0.328 e. The molecular formula is C11H24N2. The molecule has 1 rings (SSSR count). The molecule has 1 heterocycles. The van der Waals surface area contributed by atoms with Gasteiger partial charge in [-0.3, -0.25) is 0 Å². The van der Waals surface area contributed by atoms with Gasteiger partial charge in [-0.15, -0.1) is 0 Å². The molecule has 0 aliphatic carbocycles. The fourth-order valence-corrected chi connectivity index (χ4v) is 2.19. The van der Waals surface area contributed by atoms with Gasteiger partial charge in [0.05, 0.1) is 0 Å². The lowest BCUT2D eigenvalue weighted by Gasteiger charge is -2.26. The van der Waals surface area contributed by atoms with Gasteiger partial charge in [0, 0.05) is 12.1 Å². The van der Waals surface area contributed by atoms with Gasteiger partial charge in [-0.1, -0.05) is 20.3 Å². The van der Waals surface area contributed by atoms with E-state index in [4.69, 9.17) is 5.73 Å². The quantitative estimate of drug-likeness (QED) is 0.700.